The van der Waals surface area contributed by atoms with Gasteiger partial charge in [-0.25, -0.2) is 4.79 Å². The normalized spacial score (nSPS) is 17.1. The first-order valence-electron chi connectivity index (χ1n) is 6.01. The monoisotopic (exact) mass is 301 g/mol. The highest BCUT2D eigenvalue weighted by Gasteiger charge is 2.23. The topological polar surface area (TPSA) is 101 Å². The van der Waals surface area contributed by atoms with Gasteiger partial charge in [0.05, 0.1) is 19.0 Å². The number of thioether (sulfide) groups is 1. The molecule has 0 radical (unpaired) electrons. The summed E-state index contributed by atoms with van der Waals surface area (Å²) in [5, 5.41) is -0.714. The van der Waals surface area contributed by atoms with Crippen LogP contribution in [0, 0.1) is 0 Å². The molecule has 0 aliphatic carbocycles. The second kappa shape index (κ2) is 6.89. The highest BCUT2D eigenvalue weighted by molar-refractivity contribution is 8.14. The van der Waals surface area contributed by atoms with Crippen LogP contribution in [0.1, 0.15) is 24.7 Å². The summed E-state index contributed by atoms with van der Waals surface area (Å²) in [6, 6.07) is 3.42. The SMILES string of the molecule is CC(N)OC(=O)C(=O)SCc1ccc(C2OCCO2)o1. The smallest absolute Gasteiger partial charge is 0.387 e. The summed E-state index contributed by atoms with van der Waals surface area (Å²) in [7, 11) is 0. The fraction of sp³-hybridized carbons (Fsp3) is 0.500. The van der Waals surface area contributed by atoms with E-state index in [2.05, 4.69) is 4.74 Å². The number of carbonyl (C=O) groups excluding carboxylic acids is 2. The molecule has 1 fully saturated rings. The van der Waals surface area contributed by atoms with Gasteiger partial charge in [-0.05, 0) is 19.1 Å². The summed E-state index contributed by atoms with van der Waals surface area (Å²) < 4.78 is 20.6. The minimum atomic E-state index is -0.959. The molecule has 2 rings (SSSR count). The Balaban J connectivity index is 1.82. The van der Waals surface area contributed by atoms with Crippen LogP contribution in [0.15, 0.2) is 16.5 Å². The highest BCUT2D eigenvalue weighted by atomic mass is 32.2. The van der Waals surface area contributed by atoms with Crippen LogP contribution < -0.4 is 5.73 Å². The molecule has 1 aliphatic heterocycles. The van der Waals surface area contributed by atoms with Gasteiger partial charge in [-0.15, -0.1) is 0 Å². The molecule has 2 heterocycles. The van der Waals surface area contributed by atoms with Crippen molar-refractivity contribution in [3.8, 4) is 0 Å². The molecule has 1 aromatic heterocycles. The van der Waals surface area contributed by atoms with E-state index in [1.807, 2.05) is 0 Å². The number of esters is 1. The van der Waals surface area contributed by atoms with Crippen molar-refractivity contribution in [1.82, 2.24) is 0 Å². The second-order valence-electron chi connectivity index (χ2n) is 4.06. The molecule has 110 valence electrons. The number of carbonyl (C=O) groups is 2. The quantitative estimate of drug-likeness (QED) is 0.498. The van der Waals surface area contributed by atoms with Crippen molar-refractivity contribution < 1.29 is 28.2 Å². The molecule has 20 heavy (non-hydrogen) atoms. The molecule has 0 aromatic carbocycles. The van der Waals surface area contributed by atoms with Crippen LogP contribution in [0.2, 0.25) is 0 Å². The number of furan rings is 1. The van der Waals surface area contributed by atoms with Crippen LogP contribution in [0.4, 0.5) is 0 Å². The zero-order valence-corrected chi connectivity index (χ0v) is 11.7. The van der Waals surface area contributed by atoms with E-state index in [4.69, 9.17) is 19.6 Å². The average Bonchev–Trinajstić information content (AvgIpc) is 3.05. The Bertz CT molecular complexity index is 480. The second-order valence-corrected chi connectivity index (χ2v) is 5.01. The molecule has 7 nitrogen and oxygen atoms in total. The molecule has 1 atom stereocenters. The van der Waals surface area contributed by atoms with E-state index >= 15 is 0 Å². The van der Waals surface area contributed by atoms with Gasteiger partial charge in [0, 0.05) is 0 Å². The molecule has 0 amide bonds. The van der Waals surface area contributed by atoms with Crippen molar-refractivity contribution in [2.24, 2.45) is 5.73 Å². The summed E-state index contributed by atoms with van der Waals surface area (Å²) in [5.74, 6) is 0.355. The van der Waals surface area contributed by atoms with Crippen molar-refractivity contribution in [2.45, 2.75) is 25.2 Å². The van der Waals surface area contributed by atoms with Gasteiger partial charge < -0.3 is 18.6 Å². The lowest BCUT2D eigenvalue weighted by Gasteiger charge is -2.06. The van der Waals surface area contributed by atoms with Crippen molar-refractivity contribution in [2.75, 3.05) is 13.2 Å². The molecule has 2 N–H and O–H groups in total. The molecule has 1 unspecified atom stereocenters. The van der Waals surface area contributed by atoms with Crippen molar-refractivity contribution >= 4 is 22.8 Å². The third-order valence-corrected chi connectivity index (χ3v) is 3.20. The van der Waals surface area contributed by atoms with Crippen LogP contribution in [0.5, 0.6) is 0 Å². The van der Waals surface area contributed by atoms with E-state index < -0.39 is 23.6 Å². The molecular formula is C12H15NO6S. The molecule has 1 aromatic rings. The standard InChI is InChI=1S/C12H15NO6S/c1-7(13)18-10(14)11(15)20-6-8-2-3-9(19-8)12-16-4-5-17-12/h2-3,7,12H,4-6,13H2,1H3. The molecule has 1 saturated heterocycles. The van der Waals surface area contributed by atoms with Gasteiger partial charge in [-0.3, -0.25) is 10.5 Å². The summed E-state index contributed by atoms with van der Waals surface area (Å²) in [6.45, 7) is 2.52. The van der Waals surface area contributed by atoms with Crippen LogP contribution in [0.3, 0.4) is 0 Å². The van der Waals surface area contributed by atoms with Gasteiger partial charge in [0.2, 0.25) is 6.29 Å². The zero-order chi connectivity index (χ0) is 14.5. The maximum atomic E-state index is 11.5. The molecule has 0 spiro atoms. The van der Waals surface area contributed by atoms with E-state index in [1.54, 1.807) is 12.1 Å². The Morgan fingerprint density at radius 2 is 2.15 bits per heavy atom. The van der Waals surface area contributed by atoms with E-state index in [9.17, 15) is 9.59 Å². The minimum absolute atomic E-state index is 0.222. The zero-order valence-electron chi connectivity index (χ0n) is 10.9. The Morgan fingerprint density at radius 1 is 1.45 bits per heavy atom. The number of ether oxygens (including phenoxy) is 3. The average molecular weight is 301 g/mol. The predicted molar refractivity (Wildman–Crippen MR) is 69.4 cm³/mol. The Morgan fingerprint density at radius 3 is 2.80 bits per heavy atom. The van der Waals surface area contributed by atoms with Gasteiger partial charge in [0.15, 0.2) is 5.76 Å². The summed E-state index contributed by atoms with van der Waals surface area (Å²) in [5.41, 5.74) is 5.26. The van der Waals surface area contributed by atoms with Crippen molar-refractivity contribution in [1.29, 1.82) is 0 Å². The fourth-order valence-corrected chi connectivity index (χ4v) is 2.13. The number of nitrogens with two attached hydrogens (primary N) is 1. The van der Waals surface area contributed by atoms with Gasteiger partial charge >= 0.3 is 5.97 Å². The Kier molecular flexibility index (Phi) is 5.18. The van der Waals surface area contributed by atoms with Crippen LogP contribution in [0.25, 0.3) is 0 Å². The van der Waals surface area contributed by atoms with E-state index in [1.165, 1.54) is 6.92 Å². The summed E-state index contributed by atoms with van der Waals surface area (Å²) in [4.78, 5) is 22.7. The van der Waals surface area contributed by atoms with Crippen LogP contribution in [-0.4, -0.2) is 30.5 Å². The first kappa shape index (κ1) is 15.0. The van der Waals surface area contributed by atoms with Gasteiger partial charge in [-0.2, -0.15) is 0 Å². The Hall–Kier alpha value is -1.35. The third-order valence-electron chi connectivity index (χ3n) is 2.34. The maximum Gasteiger partial charge on any atom is 0.387 e. The van der Waals surface area contributed by atoms with E-state index in [0.29, 0.717) is 24.7 Å². The first-order chi connectivity index (χ1) is 9.56. The summed E-state index contributed by atoms with van der Waals surface area (Å²) >= 11 is 0.791. The fourth-order valence-electron chi connectivity index (χ4n) is 1.53. The van der Waals surface area contributed by atoms with Crippen molar-refractivity contribution in [3.05, 3.63) is 23.7 Å². The van der Waals surface area contributed by atoms with Crippen LogP contribution >= 0.6 is 11.8 Å². The lowest BCUT2D eigenvalue weighted by atomic mass is 10.4. The molecule has 1 aliphatic rings. The predicted octanol–water partition coefficient (Wildman–Crippen LogP) is 0.933. The third kappa shape index (κ3) is 4.07. The number of hydrogen-bond donors (Lipinski definition) is 1. The Labute approximate surface area is 119 Å². The highest BCUT2D eigenvalue weighted by Crippen LogP contribution is 2.26. The number of rotatable bonds is 4. The summed E-state index contributed by atoms with van der Waals surface area (Å²) in [6.07, 6.45) is -1.30. The van der Waals surface area contributed by atoms with Gasteiger partial charge in [0.1, 0.15) is 12.0 Å². The largest absolute Gasteiger partial charge is 0.460 e. The minimum Gasteiger partial charge on any atom is -0.460 e. The molecule has 0 saturated carbocycles. The molecule has 8 heteroatoms. The maximum absolute atomic E-state index is 11.5. The number of hydrogen-bond acceptors (Lipinski definition) is 8. The van der Waals surface area contributed by atoms with Gasteiger partial charge in [-0.1, -0.05) is 11.8 Å². The lowest BCUT2D eigenvalue weighted by Crippen LogP contribution is -2.26. The lowest BCUT2D eigenvalue weighted by molar-refractivity contribution is -0.153. The van der Waals surface area contributed by atoms with Gasteiger partial charge in [0.25, 0.3) is 5.12 Å². The molecular weight excluding hydrogens is 286 g/mol. The molecule has 0 bridgehead atoms. The first-order valence-corrected chi connectivity index (χ1v) is 7.00. The van der Waals surface area contributed by atoms with E-state index in [-0.39, 0.29) is 5.75 Å². The van der Waals surface area contributed by atoms with E-state index in [0.717, 1.165) is 11.8 Å². The van der Waals surface area contributed by atoms with Crippen LogP contribution in [-0.2, 0) is 29.6 Å². The van der Waals surface area contributed by atoms with Crippen molar-refractivity contribution in [3.63, 3.8) is 0 Å².